The normalized spacial score (nSPS) is 10.4. The molecule has 0 heterocycles. The van der Waals surface area contributed by atoms with Crippen LogP contribution >= 0.6 is 0 Å². The van der Waals surface area contributed by atoms with Crippen LogP contribution in [0, 0.1) is 0 Å². The number of primary amides is 1. The number of nitrogens with one attached hydrogen (secondary N) is 1. The van der Waals surface area contributed by atoms with Gasteiger partial charge in [0, 0.05) is 6.42 Å². The van der Waals surface area contributed by atoms with Crippen molar-refractivity contribution in [2.24, 2.45) is 5.73 Å². The van der Waals surface area contributed by atoms with Crippen LogP contribution in [-0.4, -0.2) is 24.3 Å². The average Bonchev–Trinajstić information content (AvgIpc) is 2.59. The topological polar surface area (TPSA) is 75.4 Å². The lowest BCUT2D eigenvalue weighted by atomic mass is 10.0. The van der Waals surface area contributed by atoms with Gasteiger partial charge in [0.25, 0.3) is 0 Å². The first-order valence-electron chi connectivity index (χ1n) is 10.8. The summed E-state index contributed by atoms with van der Waals surface area (Å²) in [4.78, 5) is 10.6. The Bertz CT molecular complexity index is 246. The van der Waals surface area contributed by atoms with Crippen LogP contribution in [0.5, 0.6) is 0 Å². The van der Waals surface area contributed by atoms with Gasteiger partial charge in [-0.2, -0.15) is 0 Å². The Hall–Kier alpha value is -0.610. The maximum Gasteiger partial charge on any atom is 0.217 e. The number of aliphatic hydroxyl groups excluding tert-OH is 1. The number of carbonyl (C=O) groups is 1. The van der Waals surface area contributed by atoms with E-state index >= 15 is 0 Å². The largest absolute Gasteiger partial charge is 0.381 e. The molecule has 0 aliphatic rings. The zero-order valence-corrected chi connectivity index (χ0v) is 17.2. The standard InChI is InChI=1S/C18H37NO.C3H9NO/c1-2-3-4-5-6-7-8-9-10-11-12-13-14-15-16-17-18(19)20;1-2-4-3-5/h2-17H2,1H3,(H2,19,20);4-5H,2-3H2,1H3. The third-order valence-electron chi connectivity index (χ3n) is 4.39. The smallest absolute Gasteiger partial charge is 0.217 e. The number of hydrogen-bond donors (Lipinski definition) is 3. The molecule has 0 unspecified atom stereocenters. The van der Waals surface area contributed by atoms with E-state index in [-0.39, 0.29) is 12.6 Å². The van der Waals surface area contributed by atoms with Gasteiger partial charge in [-0.25, -0.2) is 0 Å². The van der Waals surface area contributed by atoms with Crippen molar-refractivity contribution >= 4 is 5.91 Å². The molecule has 0 aliphatic heterocycles. The first-order valence-corrected chi connectivity index (χ1v) is 10.8. The molecule has 0 spiro atoms. The summed E-state index contributed by atoms with van der Waals surface area (Å²) in [7, 11) is 0. The molecule has 0 aromatic carbocycles. The van der Waals surface area contributed by atoms with E-state index in [0.717, 1.165) is 13.0 Å². The first kappa shape index (κ1) is 26.6. The molecule has 0 fully saturated rings. The Morgan fingerprint density at radius 3 is 1.32 bits per heavy atom. The van der Waals surface area contributed by atoms with Gasteiger partial charge >= 0.3 is 0 Å². The molecule has 0 aliphatic carbocycles. The van der Waals surface area contributed by atoms with E-state index < -0.39 is 0 Å². The van der Waals surface area contributed by atoms with Gasteiger partial charge in [-0.3, -0.25) is 10.1 Å². The zero-order valence-electron chi connectivity index (χ0n) is 17.2. The van der Waals surface area contributed by atoms with Crippen molar-refractivity contribution in [2.75, 3.05) is 13.3 Å². The van der Waals surface area contributed by atoms with Crippen LogP contribution in [0.2, 0.25) is 0 Å². The second-order valence-electron chi connectivity index (χ2n) is 6.93. The molecule has 0 saturated heterocycles. The van der Waals surface area contributed by atoms with E-state index in [2.05, 4.69) is 12.2 Å². The molecule has 0 radical (unpaired) electrons. The highest BCUT2D eigenvalue weighted by Gasteiger charge is 1.96. The van der Waals surface area contributed by atoms with Gasteiger partial charge in [0.15, 0.2) is 0 Å². The van der Waals surface area contributed by atoms with Gasteiger partial charge in [-0.05, 0) is 13.0 Å². The summed E-state index contributed by atoms with van der Waals surface area (Å²) in [5.74, 6) is -0.153. The van der Waals surface area contributed by atoms with Crippen LogP contribution < -0.4 is 11.1 Å². The van der Waals surface area contributed by atoms with E-state index in [0.29, 0.717) is 6.42 Å². The van der Waals surface area contributed by atoms with Crippen LogP contribution in [0.4, 0.5) is 0 Å². The maximum atomic E-state index is 10.6. The Morgan fingerprint density at radius 1 is 0.720 bits per heavy atom. The fourth-order valence-electron chi connectivity index (χ4n) is 2.78. The van der Waals surface area contributed by atoms with E-state index in [9.17, 15) is 4.79 Å². The lowest BCUT2D eigenvalue weighted by Gasteiger charge is -2.03. The van der Waals surface area contributed by atoms with E-state index in [1.54, 1.807) is 0 Å². The third kappa shape index (κ3) is 31.6. The molecule has 0 aromatic rings. The summed E-state index contributed by atoms with van der Waals surface area (Å²) >= 11 is 0. The Labute approximate surface area is 157 Å². The highest BCUT2D eigenvalue weighted by atomic mass is 16.3. The molecule has 0 bridgehead atoms. The Morgan fingerprint density at radius 2 is 1.08 bits per heavy atom. The highest BCUT2D eigenvalue weighted by Crippen LogP contribution is 2.13. The van der Waals surface area contributed by atoms with Gasteiger partial charge in [0.2, 0.25) is 5.91 Å². The van der Waals surface area contributed by atoms with Gasteiger partial charge in [0.05, 0.1) is 6.73 Å². The van der Waals surface area contributed by atoms with E-state index in [4.69, 9.17) is 10.8 Å². The molecular formula is C21H46N2O2. The summed E-state index contributed by atoms with van der Waals surface area (Å²) in [5.41, 5.74) is 5.11. The summed E-state index contributed by atoms with van der Waals surface area (Å²) < 4.78 is 0. The summed E-state index contributed by atoms with van der Waals surface area (Å²) in [6, 6.07) is 0. The monoisotopic (exact) mass is 358 g/mol. The van der Waals surface area contributed by atoms with Gasteiger partial charge in [-0.1, -0.05) is 104 Å². The second kappa shape index (κ2) is 25.6. The number of unbranched alkanes of at least 4 members (excludes halogenated alkanes) is 14. The summed E-state index contributed by atoms with van der Waals surface area (Å²) in [6.45, 7) is 5.15. The predicted octanol–water partition coefficient (Wildman–Crippen LogP) is 5.28. The van der Waals surface area contributed by atoms with Crippen LogP contribution in [-0.2, 0) is 4.79 Å². The maximum absolute atomic E-state index is 10.6. The lowest BCUT2D eigenvalue weighted by Crippen LogP contribution is -2.12. The van der Waals surface area contributed by atoms with E-state index in [1.165, 1.54) is 89.9 Å². The van der Waals surface area contributed by atoms with Crippen LogP contribution in [0.3, 0.4) is 0 Å². The molecular weight excluding hydrogens is 312 g/mol. The number of amides is 1. The molecule has 0 atom stereocenters. The molecule has 0 aromatic heterocycles. The minimum Gasteiger partial charge on any atom is -0.381 e. The number of hydrogen-bond acceptors (Lipinski definition) is 3. The van der Waals surface area contributed by atoms with Gasteiger partial charge in [-0.15, -0.1) is 0 Å². The number of nitrogens with two attached hydrogens (primary N) is 1. The SMILES string of the molecule is CCCCCCCCCCCCCCCCCC(N)=O.CCNCO. The molecule has 4 heteroatoms. The molecule has 25 heavy (non-hydrogen) atoms. The third-order valence-corrected chi connectivity index (χ3v) is 4.39. The average molecular weight is 359 g/mol. The van der Waals surface area contributed by atoms with Crippen LogP contribution in [0.25, 0.3) is 0 Å². The predicted molar refractivity (Wildman–Crippen MR) is 110 cm³/mol. The van der Waals surface area contributed by atoms with Crippen molar-refractivity contribution in [3.05, 3.63) is 0 Å². The first-order chi connectivity index (χ1) is 12.2. The van der Waals surface area contributed by atoms with Crippen molar-refractivity contribution in [1.29, 1.82) is 0 Å². The molecule has 0 saturated carbocycles. The Kier molecular flexibility index (Phi) is 27.3. The van der Waals surface area contributed by atoms with Crippen molar-refractivity contribution in [3.8, 4) is 0 Å². The van der Waals surface area contributed by atoms with Gasteiger partial charge in [0.1, 0.15) is 0 Å². The Balaban J connectivity index is 0. The summed E-state index contributed by atoms with van der Waals surface area (Å²) in [5, 5.41) is 10.6. The van der Waals surface area contributed by atoms with E-state index in [1.807, 2.05) is 6.92 Å². The fraction of sp³-hybridized carbons (Fsp3) is 0.952. The quantitative estimate of drug-likeness (QED) is 0.230. The van der Waals surface area contributed by atoms with Crippen molar-refractivity contribution in [1.82, 2.24) is 5.32 Å². The number of carbonyl (C=O) groups excluding carboxylic acids is 1. The zero-order chi connectivity index (χ0) is 19.0. The van der Waals surface area contributed by atoms with Crippen molar-refractivity contribution in [3.63, 3.8) is 0 Å². The number of aliphatic hydroxyl groups is 1. The lowest BCUT2D eigenvalue weighted by molar-refractivity contribution is -0.118. The second-order valence-corrected chi connectivity index (χ2v) is 6.93. The molecule has 152 valence electrons. The molecule has 4 nitrogen and oxygen atoms in total. The molecule has 1 amide bonds. The van der Waals surface area contributed by atoms with Crippen molar-refractivity contribution < 1.29 is 9.90 Å². The number of rotatable bonds is 18. The fourth-order valence-corrected chi connectivity index (χ4v) is 2.78. The van der Waals surface area contributed by atoms with Crippen LogP contribution in [0.1, 0.15) is 117 Å². The minimum atomic E-state index is -0.153. The minimum absolute atomic E-state index is 0.0938. The summed E-state index contributed by atoms with van der Waals surface area (Å²) in [6.07, 6.45) is 20.9. The molecule has 4 N–H and O–H groups in total. The molecule has 0 rings (SSSR count). The van der Waals surface area contributed by atoms with Crippen LogP contribution in [0.15, 0.2) is 0 Å². The van der Waals surface area contributed by atoms with Gasteiger partial charge < -0.3 is 10.8 Å². The highest BCUT2D eigenvalue weighted by molar-refractivity contribution is 5.73. The van der Waals surface area contributed by atoms with Crippen molar-refractivity contribution in [2.45, 2.75) is 117 Å².